The molecule has 0 saturated heterocycles. The van der Waals surface area contributed by atoms with Crippen molar-refractivity contribution in [2.75, 3.05) is 26.9 Å². The lowest BCUT2D eigenvalue weighted by Crippen LogP contribution is -2.27. The first-order valence-corrected chi connectivity index (χ1v) is 10.6. The summed E-state index contributed by atoms with van der Waals surface area (Å²) in [6.07, 6.45) is 1.60. The lowest BCUT2D eigenvalue weighted by molar-refractivity contribution is 0.340. The van der Waals surface area contributed by atoms with Crippen LogP contribution in [0.3, 0.4) is 0 Å². The summed E-state index contributed by atoms with van der Waals surface area (Å²) >= 11 is 0. The topological polar surface area (TPSA) is 65.1 Å². The molecule has 0 N–H and O–H groups in total. The number of nitrogens with zero attached hydrogens (tertiary/aromatic N) is 1. The molecule has 0 radical (unpaired) electrons. The highest BCUT2D eigenvalue weighted by Crippen LogP contribution is 2.41. The van der Waals surface area contributed by atoms with Crippen LogP contribution in [-0.4, -0.2) is 39.6 Å². The van der Waals surface area contributed by atoms with Gasteiger partial charge in [-0.05, 0) is 37.3 Å². The minimum atomic E-state index is -3.62. The average Bonchev–Trinajstić information content (AvgIpc) is 3.31. The molecule has 2 aliphatic rings. The van der Waals surface area contributed by atoms with Crippen molar-refractivity contribution in [3.63, 3.8) is 0 Å². The number of fused-ring (bicyclic) bond motifs is 2. The van der Waals surface area contributed by atoms with E-state index in [0.29, 0.717) is 25.6 Å². The number of benzene rings is 2. The molecule has 6 nitrogen and oxygen atoms in total. The molecule has 0 aliphatic carbocycles. The number of rotatable bonds is 6. The zero-order chi connectivity index (χ0) is 19.0. The van der Waals surface area contributed by atoms with E-state index in [1.807, 2.05) is 13.0 Å². The zero-order valence-electron chi connectivity index (χ0n) is 15.5. The molecule has 0 fully saturated rings. The third kappa shape index (κ3) is 3.26. The first-order valence-electron chi connectivity index (χ1n) is 9.13. The Morgan fingerprint density at radius 3 is 2.59 bits per heavy atom. The number of hydrogen-bond donors (Lipinski definition) is 0. The van der Waals surface area contributed by atoms with Gasteiger partial charge in [0, 0.05) is 43.1 Å². The Morgan fingerprint density at radius 1 is 1.11 bits per heavy atom. The van der Waals surface area contributed by atoms with Crippen molar-refractivity contribution in [1.82, 2.24) is 4.31 Å². The highest BCUT2D eigenvalue weighted by Gasteiger charge is 2.30. The molecule has 7 heteroatoms. The fraction of sp³-hybridized carbons (Fsp3) is 0.400. The fourth-order valence-corrected chi connectivity index (χ4v) is 4.75. The quantitative estimate of drug-likeness (QED) is 0.760. The molecule has 0 spiro atoms. The van der Waals surface area contributed by atoms with Crippen LogP contribution in [-0.2, 0) is 29.4 Å². The molecule has 0 aromatic heterocycles. The molecule has 4 rings (SSSR count). The van der Waals surface area contributed by atoms with Gasteiger partial charge in [0.2, 0.25) is 10.0 Å². The van der Waals surface area contributed by atoms with E-state index in [1.165, 1.54) is 4.31 Å². The molecule has 2 aliphatic heterocycles. The van der Waals surface area contributed by atoms with Gasteiger partial charge in [0.15, 0.2) is 0 Å². The van der Waals surface area contributed by atoms with Crippen LogP contribution in [0.4, 0.5) is 0 Å². The molecule has 0 unspecified atom stereocenters. The Kier molecular flexibility index (Phi) is 4.74. The second kappa shape index (κ2) is 7.05. The van der Waals surface area contributed by atoms with Crippen molar-refractivity contribution < 1.29 is 22.6 Å². The van der Waals surface area contributed by atoms with Gasteiger partial charge in [-0.3, -0.25) is 0 Å². The Balaban J connectivity index is 1.63. The van der Waals surface area contributed by atoms with Crippen molar-refractivity contribution in [2.24, 2.45) is 0 Å². The van der Waals surface area contributed by atoms with Crippen LogP contribution in [0.25, 0.3) is 0 Å². The van der Waals surface area contributed by atoms with Gasteiger partial charge in [-0.15, -0.1) is 0 Å². The Bertz CT molecular complexity index is 921. The van der Waals surface area contributed by atoms with Crippen LogP contribution < -0.4 is 14.2 Å². The first kappa shape index (κ1) is 18.1. The van der Waals surface area contributed by atoms with Gasteiger partial charge >= 0.3 is 0 Å². The third-order valence-electron chi connectivity index (χ3n) is 4.98. The van der Waals surface area contributed by atoms with Crippen molar-refractivity contribution in [3.8, 4) is 17.2 Å². The molecule has 0 saturated carbocycles. The molecule has 2 aromatic carbocycles. The SMILES string of the molecule is CCOc1ccc(S(=O)(=O)N(C)Cc2c3c(cc4c2OCC4)OCC3)cc1. The highest BCUT2D eigenvalue weighted by atomic mass is 32.2. The third-order valence-corrected chi connectivity index (χ3v) is 6.80. The van der Waals surface area contributed by atoms with Crippen molar-refractivity contribution in [3.05, 3.63) is 47.0 Å². The summed E-state index contributed by atoms with van der Waals surface area (Å²) < 4.78 is 44.3. The van der Waals surface area contributed by atoms with E-state index < -0.39 is 10.0 Å². The van der Waals surface area contributed by atoms with Crippen molar-refractivity contribution in [2.45, 2.75) is 31.2 Å². The summed E-state index contributed by atoms with van der Waals surface area (Å²) in [6.45, 7) is 3.94. The van der Waals surface area contributed by atoms with Gasteiger partial charge in [0.1, 0.15) is 17.2 Å². The predicted octanol–water partition coefficient (Wildman–Crippen LogP) is 2.78. The molecule has 2 aromatic rings. The van der Waals surface area contributed by atoms with Gasteiger partial charge < -0.3 is 14.2 Å². The Morgan fingerprint density at radius 2 is 1.85 bits per heavy atom. The largest absolute Gasteiger partial charge is 0.494 e. The Hall–Kier alpha value is -2.25. The predicted molar refractivity (Wildman–Crippen MR) is 101 cm³/mol. The smallest absolute Gasteiger partial charge is 0.243 e. The summed E-state index contributed by atoms with van der Waals surface area (Å²) in [5.41, 5.74) is 3.08. The minimum absolute atomic E-state index is 0.245. The standard InChI is InChI=1S/C20H23NO5S/c1-3-24-15-4-6-16(7-5-15)27(22,23)21(2)13-18-17-9-11-25-19(17)12-14-8-10-26-20(14)18/h4-7,12H,3,8-11,13H2,1-2H3. The molecule has 27 heavy (non-hydrogen) atoms. The number of sulfonamides is 1. The maximum Gasteiger partial charge on any atom is 0.243 e. The van der Waals surface area contributed by atoms with Crippen molar-refractivity contribution >= 4 is 10.0 Å². The average molecular weight is 389 g/mol. The molecule has 0 atom stereocenters. The van der Waals surface area contributed by atoms with Gasteiger partial charge in [-0.1, -0.05) is 0 Å². The molecule has 2 heterocycles. The Labute approximate surface area is 159 Å². The van der Waals surface area contributed by atoms with Crippen LogP contribution in [0.1, 0.15) is 23.6 Å². The van der Waals surface area contributed by atoms with Crippen LogP contribution in [0.2, 0.25) is 0 Å². The maximum absolute atomic E-state index is 13.0. The zero-order valence-corrected chi connectivity index (χ0v) is 16.3. The molecular formula is C20H23NO5S. The maximum atomic E-state index is 13.0. The van der Waals surface area contributed by atoms with Gasteiger partial charge in [0.05, 0.1) is 24.7 Å². The van der Waals surface area contributed by atoms with E-state index in [0.717, 1.165) is 41.0 Å². The van der Waals surface area contributed by atoms with E-state index in [1.54, 1.807) is 31.3 Å². The molecular weight excluding hydrogens is 366 g/mol. The lowest BCUT2D eigenvalue weighted by atomic mass is 9.99. The highest BCUT2D eigenvalue weighted by molar-refractivity contribution is 7.89. The minimum Gasteiger partial charge on any atom is -0.494 e. The van der Waals surface area contributed by atoms with Gasteiger partial charge in [-0.2, -0.15) is 4.31 Å². The second-order valence-electron chi connectivity index (χ2n) is 6.68. The number of ether oxygens (including phenoxy) is 3. The number of hydrogen-bond acceptors (Lipinski definition) is 5. The molecule has 144 valence electrons. The van der Waals surface area contributed by atoms with Gasteiger partial charge in [0.25, 0.3) is 0 Å². The van der Waals surface area contributed by atoms with E-state index in [9.17, 15) is 8.42 Å². The summed E-state index contributed by atoms with van der Waals surface area (Å²) in [6, 6.07) is 8.56. The van der Waals surface area contributed by atoms with Crippen molar-refractivity contribution in [1.29, 1.82) is 0 Å². The summed E-state index contributed by atoms with van der Waals surface area (Å²) in [5, 5.41) is 0. The van der Waals surface area contributed by atoms with Crippen LogP contribution in [0, 0.1) is 0 Å². The second-order valence-corrected chi connectivity index (χ2v) is 8.73. The van der Waals surface area contributed by atoms with E-state index in [-0.39, 0.29) is 11.4 Å². The summed E-state index contributed by atoms with van der Waals surface area (Å²) in [7, 11) is -2.02. The first-order chi connectivity index (χ1) is 13.0. The molecule has 0 bridgehead atoms. The van der Waals surface area contributed by atoms with Crippen LogP contribution >= 0.6 is 0 Å². The van der Waals surface area contributed by atoms with Gasteiger partial charge in [-0.25, -0.2) is 8.42 Å². The van der Waals surface area contributed by atoms with E-state index in [4.69, 9.17) is 14.2 Å². The normalized spacial score (nSPS) is 15.2. The van der Waals surface area contributed by atoms with Crippen LogP contribution in [0.15, 0.2) is 35.2 Å². The van der Waals surface area contributed by atoms with E-state index in [2.05, 4.69) is 0 Å². The summed E-state index contributed by atoms with van der Waals surface area (Å²) in [5.74, 6) is 2.34. The van der Waals surface area contributed by atoms with E-state index >= 15 is 0 Å². The fourth-order valence-electron chi connectivity index (χ4n) is 3.61. The van der Waals surface area contributed by atoms with Crippen LogP contribution in [0.5, 0.6) is 17.2 Å². The molecule has 0 amide bonds. The monoisotopic (exact) mass is 389 g/mol. The summed E-state index contributed by atoms with van der Waals surface area (Å²) in [4.78, 5) is 0.245. The lowest BCUT2D eigenvalue weighted by Gasteiger charge is -2.20.